The van der Waals surface area contributed by atoms with Gasteiger partial charge in [-0.25, -0.2) is 0 Å². The fourth-order valence-corrected chi connectivity index (χ4v) is 2.33. The maximum absolute atomic E-state index is 3.23. The molecule has 84 valence electrons. The van der Waals surface area contributed by atoms with E-state index in [4.69, 9.17) is 0 Å². The van der Waals surface area contributed by atoms with Gasteiger partial charge in [0.1, 0.15) is 0 Å². The standard InChI is InChI=1S/C11H25N3/c1-5-14-9-11(6-7-12-3)13(4)8-10(14)2/h10-12H,5-9H2,1-4H3. The van der Waals surface area contributed by atoms with Crippen LogP contribution >= 0.6 is 0 Å². The predicted molar refractivity (Wildman–Crippen MR) is 61.7 cm³/mol. The normalized spacial score (nSPS) is 30.9. The van der Waals surface area contributed by atoms with Crippen molar-refractivity contribution in [3.8, 4) is 0 Å². The number of rotatable bonds is 4. The van der Waals surface area contributed by atoms with Crippen molar-refractivity contribution in [3.05, 3.63) is 0 Å². The van der Waals surface area contributed by atoms with Crippen LogP contribution in [0.4, 0.5) is 0 Å². The van der Waals surface area contributed by atoms with Crippen LogP contribution in [0.1, 0.15) is 20.3 Å². The zero-order chi connectivity index (χ0) is 10.6. The molecular weight excluding hydrogens is 174 g/mol. The highest BCUT2D eigenvalue weighted by Crippen LogP contribution is 2.15. The molecule has 1 aliphatic rings. The van der Waals surface area contributed by atoms with Gasteiger partial charge in [0, 0.05) is 25.2 Å². The molecule has 1 aliphatic heterocycles. The Labute approximate surface area is 88.5 Å². The van der Waals surface area contributed by atoms with Crippen LogP contribution in [0.3, 0.4) is 0 Å². The molecule has 0 spiro atoms. The number of hydrogen-bond acceptors (Lipinski definition) is 3. The van der Waals surface area contributed by atoms with E-state index in [0.717, 1.165) is 18.6 Å². The van der Waals surface area contributed by atoms with E-state index in [1.165, 1.54) is 26.1 Å². The van der Waals surface area contributed by atoms with E-state index in [1.54, 1.807) is 0 Å². The molecule has 2 atom stereocenters. The van der Waals surface area contributed by atoms with E-state index in [9.17, 15) is 0 Å². The molecule has 2 unspecified atom stereocenters. The number of likely N-dealkylation sites (N-methyl/N-ethyl adjacent to an activating group) is 2. The van der Waals surface area contributed by atoms with Crippen molar-refractivity contribution in [2.24, 2.45) is 0 Å². The Hall–Kier alpha value is -0.120. The SMILES string of the molecule is CCN1CC(CCNC)N(C)CC1C. The summed E-state index contributed by atoms with van der Waals surface area (Å²) in [6.07, 6.45) is 1.26. The molecule has 1 heterocycles. The lowest BCUT2D eigenvalue weighted by molar-refractivity contribution is 0.0528. The summed E-state index contributed by atoms with van der Waals surface area (Å²) in [6.45, 7) is 9.34. The minimum atomic E-state index is 0.718. The van der Waals surface area contributed by atoms with Crippen molar-refractivity contribution in [2.45, 2.75) is 32.4 Å². The molecule has 1 saturated heterocycles. The van der Waals surface area contributed by atoms with Crippen LogP contribution in [0, 0.1) is 0 Å². The summed E-state index contributed by atoms with van der Waals surface area (Å²) < 4.78 is 0. The first-order chi connectivity index (χ1) is 6.69. The summed E-state index contributed by atoms with van der Waals surface area (Å²) in [6, 6.07) is 1.45. The highest BCUT2D eigenvalue weighted by Gasteiger charge is 2.27. The van der Waals surface area contributed by atoms with Crippen molar-refractivity contribution < 1.29 is 0 Å². The molecule has 0 aromatic carbocycles. The van der Waals surface area contributed by atoms with Gasteiger partial charge in [-0.1, -0.05) is 6.92 Å². The summed E-state index contributed by atoms with van der Waals surface area (Å²) in [7, 11) is 4.28. The topological polar surface area (TPSA) is 18.5 Å². The molecule has 0 bridgehead atoms. The van der Waals surface area contributed by atoms with Crippen LogP contribution in [0.15, 0.2) is 0 Å². The lowest BCUT2D eigenvalue weighted by atomic mass is 10.1. The Morgan fingerprint density at radius 1 is 1.36 bits per heavy atom. The largest absolute Gasteiger partial charge is 0.320 e. The van der Waals surface area contributed by atoms with Gasteiger partial charge in [-0.3, -0.25) is 4.90 Å². The molecule has 0 aromatic heterocycles. The molecule has 0 amide bonds. The molecular formula is C11H25N3. The molecule has 3 heteroatoms. The van der Waals surface area contributed by atoms with E-state index in [-0.39, 0.29) is 0 Å². The highest BCUT2D eigenvalue weighted by molar-refractivity contribution is 4.84. The average Bonchev–Trinajstić information content (AvgIpc) is 2.17. The Morgan fingerprint density at radius 2 is 2.07 bits per heavy atom. The maximum Gasteiger partial charge on any atom is 0.0232 e. The fraction of sp³-hybridized carbons (Fsp3) is 1.00. The number of piperazine rings is 1. The van der Waals surface area contributed by atoms with Gasteiger partial charge in [0.25, 0.3) is 0 Å². The Bertz CT molecular complexity index is 161. The minimum absolute atomic E-state index is 0.718. The molecule has 0 aliphatic carbocycles. The first-order valence-electron chi connectivity index (χ1n) is 5.78. The smallest absolute Gasteiger partial charge is 0.0232 e. The van der Waals surface area contributed by atoms with E-state index >= 15 is 0 Å². The lowest BCUT2D eigenvalue weighted by Gasteiger charge is -2.43. The molecule has 0 aromatic rings. The van der Waals surface area contributed by atoms with Crippen LogP contribution < -0.4 is 5.32 Å². The van der Waals surface area contributed by atoms with Crippen molar-refractivity contribution in [1.29, 1.82) is 0 Å². The molecule has 3 nitrogen and oxygen atoms in total. The van der Waals surface area contributed by atoms with Crippen LogP contribution in [-0.2, 0) is 0 Å². The van der Waals surface area contributed by atoms with Crippen molar-refractivity contribution in [2.75, 3.05) is 40.3 Å². The highest BCUT2D eigenvalue weighted by atomic mass is 15.3. The zero-order valence-electron chi connectivity index (χ0n) is 10.1. The van der Waals surface area contributed by atoms with E-state index in [1.807, 2.05) is 7.05 Å². The van der Waals surface area contributed by atoms with Crippen molar-refractivity contribution in [1.82, 2.24) is 15.1 Å². The van der Waals surface area contributed by atoms with E-state index in [2.05, 4.69) is 36.0 Å². The molecule has 1 rings (SSSR count). The average molecular weight is 199 g/mol. The van der Waals surface area contributed by atoms with Crippen molar-refractivity contribution in [3.63, 3.8) is 0 Å². The molecule has 1 fully saturated rings. The monoisotopic (exact) mass is 199 g/mol. The van der Waals surface area contributed by atoms with Gasteiger partial charge in [0.2, 0.25) is 0 Å². The third-order valence-electron chi connectivity index (χ3n) is 3.38. The third-order valence-corrected chi connectivity index (χ3v) is 3.38. The van der Waals surface area contributed by atoms with Gasteiger partial charge in [0.15, 0.2) is 0 Å². The van der Waals surface area contributed by atoms with Crippen LogP contribution in [0.2, 0.25) is 0 Å². The Balaban J connectivity index is 2.42. The summed E-state index contributed by atoms with van der Waals surface area (Å²) >= 11 is 0. The first-order valence-corrected chi connectivity index (χ1v) is 5.78. The van der Waals surface area contributed by atoms with Gasteiger partial charge in [-0.15, -0.1) is 0 Å². The summed E-state index contributed by atoms with van der Waals surface area (Å²) in [4.78, 5) is 5.09. The van der Waals surface area contributed by atoms with Gasteiger partial charge in [-0.05, 0) is 40.5 Å². The lowest BCUT2D eigenvalue weighted by Crippen LogP contribution is -2.56. The molecule has 0 saturated carbocycles. The third kappa shape index (κ3) is 2.94. The van der Waals surface area contributed by atoms with Gasteiger partial charge < -0.3 is 10.2 Å². The Kier molecular flexibility index (Phi) is 4.85. The second kappa shape index (κ2) is 5.69. The number of nitrogens with zero attached hydrogens (tertiary/aromatic N) is 2. The molecule has 0 radical (unpaired) electrons. The number of nitrogens with one attached hydrogen (secondary N) is 1. The van der Waals surface area contributed by atoms with Gasteiger partial charge >= 0.3 is 0 Å². The molecule has 1 N–H and O–H groups in total. The fourth-order valence-electron chi connectivity index (χ4n) is 2.33. The predicted octanol–water partition coefficient (Wildman–Crippen LogP) is 0.620. The van der Waals surface area contributed by atoms with E-state index < -0.39 is 0 Å². The maximum atomic E-state index is 3.23. The second-order valence-corrected chi connectivity index (χ2v) is 4.42. The zero-order valence-corrected chi connectivity index (χ0v) is 10.1. The first kappa shape index (κ1) is 12.0. The van der Waals surface area contributed by atoms with Crippen LogP contribution in [0.25, 0.3) is 0 Å². The molecule has 14 heavy (non-hydrogen) atoms. The van der Waals surface area contributed by atoms with E-state index in [0.29, 0.717) is 0 Å². The number of hydrogen-bond donors (Lipinski definition) is 1. The minimum Gasteiger partial charge on any atom is -0.320 e. The Morgan fingerprint density at radius 3 is 2.64 bits per heavy atom. The van der Waals surface area contributed by atoms with Gasteiger partial charge in [-0.2, -0.15) is 0 Å². The second-order valence-electron chi connectivity index (χ2n) is 4.42. The van der Waals surface area contributed by atoms with Gasteiger partial charge in [0.05, 0.1) is 0 Å². The van der Waals surface area contributed by atoms with Crippen molar-refractivity contribution >= 4 is 0 Å². The summed E-state index contributed by atoms with van der Waals surface area (Å²) in [5, 5.41) is 3.23. The van der Waals surface area contributed by atoms with Crippen LogP contribution in [0.5, 0.6) is 0 Å². The van der Waals surface area contributed by atoms with Crippen LogP contribution in [-0.4, -0.2) is 62.2 Å². The summed E-state index contributed by atoms with van der Waals surface area (Å²) in [5.41, 5.74) is 0. The summed E-state index contributed by atoms with van der Waals surface area (Å²) in [5.74, 6) is 0. The quantitative estimate of drug-likeness (QED) is 0.716.